The Morgan fingerprint density at radius 1 is 1.20 bits per heavy atom. The molecule has 2 aliphatic rings. The van der Waals surface area contributed by atoms with Crippen molar-refractivity contribution in [1.29, 1.82) is 5.26 Å². The second-order valence-electron chi connectivity index (χ2n) is 13.5. The average Bonchev–Trinajstić information content (AvgIpc) is 3.04. The molecule has 0 aliphatic carbocycles. The molecule has 2 saturated heterocycles. The molecule has 238 valence electrons. The number of benzene rings is 2. The molecule has 2 N–H and O–H groups in total. The van der Waals surface area contributed by atoms with Gasteiger partial charge in [-0.25, -0.2) is 13.8 Å². The number of rotatable bonds is 6. The molecule has 0 spiro atoms. The van der Waals surface area contributed by atoms with Gasteiger partial charge in [0, 0.05) is 49.9 Å². The minimum Gasteiger partial charge on any atom is -0.390 e. The molecule has 2 aliphatic heterocycles. The number of aliphatic hydroxyl groups is 1. The van der Waals surface area contributed by atoms with E-state index in [9.17, 15) is 10.4 Å². The van der Waals surface area contributed by atoms with Gasteiger partial charge in [0.1, 0.15) is 22.8 Å². The molecule has 4 aromatic rings. The number of nitrogens with one attached hydrogen (secondary N) is 1. The zero-order valence-electron chi connectivity index (χ0n) is 26.8. The van der Waals surface area contributed by atoms with Crippen molar-refractivity contribution in [3.63, 3.8) is 0 Å². The second-order valence-corrected chi connectivity index (χ2v) is 13.5. The second kappa shape index (κ2) is 12.1. The number of nitrogens with zero attached hydrogens (tertiary/aromatic N) is 6. The van der Waals surface area contributed by atoms with Crippen molar-refractivity contribution < 1.29 is 13.9 Å². The number of hydrogen-bond acceptors (Lipinski definition) is 8. The molecule has 6 rings (SSSR count). The predicted molar refractivity (Wildman–Crippen MR) is 178 cm³/mol. The molecule has 2 aromatic carbocycles. The van der Waals surface area contributed by atoms with E-state index in [1.54, 1.807) is 38.2 Å². The maximum absolute atomic E-state index is 17.0. The maximum Gasteiger partial charge on any atom is 0.228 e. The fourth-order valence-corrected chi connectivity index (χ4v) is 6.53. The summed E-state index contributed by atoms with van der Waals surface area (Å²) in [4.78, 5) is 18.3. The highest BCUT2D eigenvalue weighted by atomic mass is 19.1. The van der Waals surface area contributed by atoms with Crippen LogP contribution in [-0.4, -0.2) is 64.9 Å². The van der Waals surface area contributed by atoms with E-state index in [-0.39, 0.29) is 28.4 Å². The number of piperidine rings is 2. The number of halogens is 2. The maximum atomic E-state index is 17.0. The zero-order chi connectivity index (χ0) is 32.8. The lowest BCUT2D eigenvalue weighted by atomic mass is 9.82. The average molecular weight is 624 g/mol. The number of fused-ring (bicyclic) bond motifs is 2. The van der Waals surface area contributed by atoms with Gasteiger partial charge >= 0.3 is 0 Å². The van der Waals surface area contributed by atoms with Crippen molar-refractivity contribution in [2.24, 2.45) is 0 Å². The van der Waals surface area contributed by atoms with Crippen molar-refractivity contribution in [3.05, 3.63) is 53.2 Å². The number of aromatic nitrogens is 3. The van der Waals surface area contributed by atoms with E-state index in [0.29, 0.717) is 66.0 Å². The van der Waals surface area contributed by atoms with Crippen LogP contribution < -0.4 is 15.1 Å². The highest BCUT2D eigenvalue weighted by Gasteiger charge is 2.31. The molecule has 8 nitrogen and oxygen atoms in total. The zero-order valence-corrected chi connectivity index (χ0v) is 26.8. The van der Waals surface area contributed by atoms with Gasteiger partial charge < -0.3 is 20.2 Å². The lowest BCUT2D eigenvalue weighted by Gasteiger charge is -2.36. The van der Waals surface area contributed by atoms with Crippen molar-refractivity contribution in [2.75, 3.05) is 43.0 Å². The highest BCUT2D eigenvalue weighted by molar-refractivity contribution is 6.03. The lowest BCUT2D eigenvalue weighted by Crippen LogP contribution is -2.44. The van der Waals surface area contributed by atoms with Crippen LogP contribution in [0.3, 0.4) is 0 Å². The highest BCUT2D eigenvalue weighted by Crippen LogP contribution is 2.40. The van der Waals surface area contributed by atoms with Crippen LogP contribution in [0.1, 0.15) is 64.0 Å². The predicted octanol–water partition coefficient (Wildman–Crippen LogP) is 5.84. The summed E-state index contributed by atoms with van der Waals surface area (Å²) in [5.74, 6) is 2.09. The van der Waals surface area contributed by atoms with Crippen molar-refractivity contribution in [2.45, 2.75) is 69.9 Å². The first-order chi connectivity index (χ1) is 21.9. The van der Waals surface area contributed by atoms with E-state index in [1.165, 1.54) is 6.07 Å². The first-order valence-electron chi connectivity index (χ1n) is 15.9. The van der Waals surface area contributed by atoms with Crippen LogP contribution in [0.5, 0.6) is 0 Å². The Labute approximate surface area is 268 Å². The van der Waals surface area contributed by atoms with Gasteiger partial charge in [0.25, 0.3) is 0 Å². The van der Waals surface area contributed by atoms with Crippen LogP contribution in [0.25, 0.3) is 32.9 Å². The lowest BCUT2D eigenvalue weighted by molar-refractivity contribution is 0.0349. The number of terminal acetylenes is 1. The third-order valence-corrected chi connectivity index (χ3v) is 9.51. The van der Waals surface area contributed by atoms with Crippen molar-refractivity contribution in [1.82, 2.24) is 20.3 Å². The van der Waals surface area contributed by atoms with Gasteiger partial charge in [0.2, 0.25) is 5.95 Å². The fourth-order valence-electron chi connectivity index (χ4n) is 6.53. The van der Waals surface area contributed by atoms with Gasteiger partial charge in [-0.15, -0.1) is 6.42 Å². The monoisotopic (exact) mass is 623 g/mol. The number of nitriles is 1. The molecule has 0 saturated carbocycles. The number of pyridine rings is 1. The summed E-state index contributed by atoms with van der Waals surface area (Å²) in [6.45, 7) is 8.03. The van der Waals surface area contributed by atoms with Crippen LogP contribution in [0.2, 0.25) is 0 Å². The molecule has 4 heterocycles. The van der Waals surface area contributed by atoms with Gasteiger partial charge in [-0.05, 0) is 82.1 Å². The molecule has 0 radical (unpaired) electrons. The molecule has 46 heavy (non-hydrogen) atoms. The van der Waals surface area contributed by atoms with E-state index in [4.69, 9.17) is 16.4 Å². The minimum atomic E-state index is -0.922. The summed E-state index contributed by atoms with van der Waals surface area (Å²) in [6, 6.07) is 8.91. The summed E-state index contributed by atoms with van der Waals surface area (Å²) in [5.41, 5.74) is -0.745. The molecule has 2 aromatic heterocycles. The van der Waals surface area contributed by atoms with Gasteiger partial charge in [-0.2, -0.15) is 10.2 Å². The third-order valence-electron chi connectivity index (χ3n) is 9.51. The molecule has 0 unspecified atom stereocenters. The number of hydrogen-bond donors (Lipinski definition) is 2. The van der Waals surface area contributed by atoms with Crippen LogP contribution in [0.15, 0.2) is 30.5 Å². The largest absolute Gasteiger partial charge is 0.390 e. The van der Waals surface area contributed by atoms with Crippen LogP contribution in [0, 0.1) is 35.3 Å². The molecule has 0 amide bonds. The van der Waals surface area contributed by atoms with Gasteiger partial charge in [-0.1, -0.05) is 18.4 Å². The van der Waals surface area contributed by atoms with Crippen molar-refractivity contribution >= 4 is 33.4 Å². The molecule has 10 heteroatoms. The normalized spacial score (nSPS) is 18.4. The topological polar surface area (TPSA) is 101 Å². The number of likely N-dealkylation sites (N-methyl/N-ethyl adjacent to an activating group) is 1. The summed E-state index contributed by atoms with van der Waals surface area (Å²) in [7, 11) is 1.94. The fraction of sp³-hybridized carbons (Fsp3) is 0.444. The van der Waals surface area contributed by atoms with E-state index in [1.807, 2.05) is 23.8 Å². The number of anilines is 2. The van der Waals surface area contributed by atoms with E-state index < -0.39 is 22.7 Å². The van der Waals surface area contributed by atoms with Gasteiger partial charge in [0.15, 0.2) is 5.82 Å². The SMILES string of the molecule is C#Cc1c(F)ccc2cc(C(C)(C)C#N)cc(-c3ncc4c(N(C)C[C@H]5CCCCN5)nc(N5CCC(C)(O)CC5)nc4c3F)c12. The Hall–Kier alpha value is -4.38. The Bertz CT molecular complexity index is 1890. The Morgan fingerprint density at radius 2 is 1.96 bits per heavy atom. The van der Waals surface area contributed by atoms with Crippen molar-refractivity contribution in [3.8, 4) is 29.7 Å². The smallest absolute Gasteiger partial charge is 0.228 e. The summed E-state index contributed by atoms with van der Waals surface area (Å²) >= 11 is 0. The molecule has 1 atom stereocenters. The first kappa shape index (κ1) is 31.6. The Morgan fingerprint density at radius 3 is 2.63 bits per heavy atom. The molecule has 0 bridgehead atoms. The van der Waals surface area contributed by atoms with Gasteiger partial charge in [0.05, 0.1) is 28.0 Å². The van der Waals surface area contributed by atoms with E-state index >= 15 is 8.78 Å². The van der Waals surface area contributed by atoms with E-state index in [0.717, 1.165) is 25.8 Å². The van der Waals surface area contributed by atoms with Crippen LogP contribution >= 0.6 is 0 Å². The Kier molecular flexibility index (Phi) is 8.30. The Balaban J connectivity index is 1.57. The van der Waals surface area contributed by atoms with Gasteiger partial charge in [-0.3, -0.25) is 4.98 Å². The molecule has 2 fully saturated rings. The van der Waals surface area contributed by atoms with E-state index in [2.05, 4.69) is 22.3 Å². The summed E-state index contributed by atoms with van der Waals surface area (Å²) in [5, 5.41) is 25.5. The summed E-state index contributed by atoms with van der Waals surface area (Å²) in [6.07, 6.45) is 11.7. The molecular weight excluding hydrogens is 584 g/mol. The van der Waals surface area contributed by atoms with Crippen LogP contribution in [-0.2, 0) is 5.41 Å². The van der Waals surface area contributed by atoms with Crippen LogP contribution in [0.4, 0.5) is 20.5 Å². The summed E-state index contributed by atoms with van der Waals surface area (Å²) < 4.78 is 32.1. The quantitative estimate of drug-likeness (QED) is 0.259. The third kappa shape index (κ3) is 5.84. The molecular formula is C36H39F2N7O. The standard InChI is InChI=1S/C36H39F2N7O/c1-6-25-28(37)11-10-22-17-23(35(2,3)21-39)18-26(29(22)25)31-30(38)32-27(19-41-31)33(44(5)20-24-9-7-8-14-40-24)43-34(42-32)45-15-12-36(4,46)13-16-45/h1,10-11,17-19,24,40,46H,7-9,12-16,20H2,2-5H3/t24-/m1/s1. The minimum absolute atomic E-state index is 0.000684. The first-order valence-corrected chi connectivity index (χ1v) is 15.9.